The van der Waals surface area contributed by atoms with Crippen LogP contribution in [0.15, 0.2) is 91.1 Å². The maximum Gasteiger partial charge on any atom is 0.323 e. The van der Waals surface area contributed by atoms with Crippen molar-refractivity contribution in [1.82, 2.24) is 4.98 Å². The standard InChI is InChI=1S/C28H23N3O4/c1-33-26-16-22-24(17-27(26)34-2)29-15-14-25(22)35-20-12-10-19(11-13-20)30-28(32)31-23-9-5-7-18-6-3-4-8-21(18)23/h3-17H,1-2H3,(H2,30,31,32). The first-order valence-electron chi connectivity index (χ1n) is 11.0. The summed E-state index contributed by atoms with van der Waals surface area (Å²) in [5.74, 6) is 2.44. The van der Waals surface area contributed by atoms with Crippen molar-refractivity contribution in [3.8, 4) is 23.0 Å². The van der Waals surface area contributed by atoms with Crippen LogP contribution >= 0.6 is 0 Å². The van der Waals surface area contributed by atoms with Gasteiger partial charge in [0, 0.05) is 28.7 Å². The molecule has 7 heteroatoms. The minimum Gasteiger partial charge on any atom is -0.493 e. The van der Waals surface area contributed by atoms with Gasteiger partial charge in [-0.3, -0.25) is 4.98 Å². The van der Waals surface area contributed by atoms with E-state index in [1.165, 1.54) is 0 Å². The number of hydrogen-bond donors (Lipinski definition) is 2. The lowest BCUT2D eigenvalue weighted by Crippen LogP contribution is -2.19. The van der Waals surface area contributed by atoms with Crippen LogP contribution in [-0.4, -0.2) is 25.2 Å². The molecule has 1 aromatic heterocycles. The van der Waals surface area contributed by atoms with Crippen LogP contribution in [0.3, 0.4) is 0 Å². The Hall–Kier alpha value is -4.78. The van der Waals surface area contributed by atoms with E-state index in [-0.39, 0.29) is 6.03 Å². The number of carbonyl (C=O) groups is 1. The number of ether oxygens (including phenoxy) is 3. The Morgan fingerprint density at radius 3 is 2.29 bits per heavy atom. The summed E-state index contributed by atoms with van der Waals surface area (Å²) in [6, 6.07) is 26.0. The molecule has 2 N–H and O–H groups in total. The third kappa shape index (κ3) is 4.65. The van der Waals surface area contributed by atoms with Crippen molar-refractivity contribution in [2.24, 2.45) is 0 Å². The van der Waals surface area contributed by atoms with Gasteiger partial charge in [-0.05, 0) is 47.9 Å². The molecule has 0 radical (unpaired) electrons. The summed E-state index contributed by atoms with van der Waals surface area (Å²) in [7, 11) is 3.17. The van der Waals surface area contributed by atoms with Crippen LogP contribution in [0.4, 0.5) is 16.2 Å². The van der Waals surface area contributed by atoms with Gasteiger partial charge in [0.1, 0.15) is 11.5 Å². The number of rotatable bonds is 6. The van der Waals surface area contributed by atoms with Crippen LogP contribution < -0.4 is 24.8 Å². The molecule has 174 valence electrons. The van der Waals surface area contributed by atoms with E-state index in [4.69, 9.17) is 14.2 Å². The highest BCUT2D eigenvalue weighted by Crippen LogP contribution is 2.37. The summed E-state index contributed by atoms with van der Waals surface area (Å²) in [6.45, 7) is 0. The van der Waals surface area contributed by atoms with Crippen molar-refractivity contribution in [3.05, 3.63) is 91.1 Å². The Kier molecular flexibility index (Phi) is 6.05. The van der Waals surface area contributed by atoms with E-state index >= 15 is 0 Å². The summed E-state index contributed by atoms with van der Waals surface area (Å²) >= 11 is 0. The Balaban J connectivity index is 1.30. The number of fused-ring (bicyclic) bond motifs is 2. The second-order valence-corrected chi connectivity index (χ2v) is 7.77. The number of nitrogens with zero attached hydrogens (tertiary/aromatic N) is 1. The molecule has 0 saturated carbocycles. The zero-order valence-electron chi connectivity index (χ0n) is 19.2. The van der Waals surface area contributed by atoms with Gasteiger partial charge in [-0.1, -0.05) is 36.4 Å². The zero-order valence-corrected chi connectivity index (χ0v) is 19.2. The van der Waals surface area contributed by atoms with Crippen molar-refractivity contribution in [2.45, 2.75) is 0 Å². The molecule has 7 nitrogen and oxygen atoms in total. The van der Waals surface area contributed by atoms with E-state index in [1.807, 2.05) is 54.6 Å². The molecular weight excluding hydrogens is 442 g/mol. The number of anilines is 2. The van der Waals surface area contributed by atoms with Gasteiger partial charge in [0.2, 0.25) is 0 Å². The van der Waals surface area contributed by atoms with Crippen LogP contribution in [0.5, 0.6) is 23.0 Å². The van der Waals surface area contributed by atoms with E-state index in [0.29, 0.717) is 28.7 Å². The minimum absolute atomic E-state index is 0.323. The van der Waals surface area contributed by atoms with Gasteiger partial charge < -0.3 is 24.8 Å². The number of pyridine rings is 1. The molecule has 0 aliphatic carbocycles. The lowest BCUT2D eigenvalue weighted by atomic mass is 10.1. The zero-order chi connectivity index (χ0) is 24.2. The van der Waals surface area contributed by atoms with Crippen molar-refractivity contribution in [1.29, 1.82) is 0 Å². The fourth-order valence-electron chi connectivity index (χ4n) is 3.89. The van der Waals surface area contributed by atoms with Crippen molar-refractivity contribution in [3.63, 3.8) is 0 Å². The maximum absolute atomic E-state index is 12.6. The van der Waals surface area contributed by atoms with E-state index in [1.54, 1.807) is 50.7 Å². The predicted octanol–water partition coefficient (Wildman–Crippen LogP) is 6.84. The number of aromatic nitrogens is 1. The maximum atomic E-state index is 12.6. The number of urea groups is 1. The van der Waals surface area contributed by atoms with Gasteiger partial charge in [0.15, 0.2) is 11.5 Å². The molecule has 1 heterocycles. The molecule has 35 heavy (non-hydrogen) atoms. The molecule has 0 aliphatic heterocycles. The van der Waals surface area contributed by atoms with Crippen LogP contribution in [-0.2, 0) is 0 Å². The summed E-state index contributed by atoms with van der Waals surface area (Å²) < 4.78 is 16.9. The fraction of sp³-hybridized carbons (Fsp3) is 0.0714. The third-order valence-electron chi connectivity index (χ3n) is 5.58. The van der Waals surface area contributed by atoms with Gasteiger partial charge in [-0.2, -0.15) is 0 Å². The molecule has 4 aromatic carbocycles. The molecule has 5 aromatic rings. The van der Waals surface area contributed by atoms with Crippen LogP contribution in [0.2, 0.25) is 0 Å². The number of benzene rings is 4. The number of nitrogens with one attached hydrogen (secondary N) is 2. The number of methoxy groups -OCH3 is 2. The summed E-state index contributed by atoms with van der Waals surface area (Å²) in [5.41, 5.74) is 2.11. The molecule has 2 amide bonds. The molecular formula is C28H23N3O4. The van der Waals surface area contributed by atoms with Crippen LogP contribution in [0.25, 0.3) is 21.7 Å². The van der Waals surface area contributed by atoms with Crippen molar-refractivity contribution >= 4 is 39.1 Å². The fourth-order valence-corrected chi connectivity index (χ4v) is 3.89. The molecule has 0 saturated heterocycles. The Labute approximate surface area is 202 Å². The SMILES string of the molecule is COc1cc2nccc(Oc3ccc(NC(=O)Nc4cccc5ccccc45)cc3)c2cc1OC. The largest absolute Gasteiger partial charge is 0.493 e. The molecule has 5 rings (SSSR count). The second kappa shape index (κ2) is 9.61. The molecule has 0 fully saturated rings. The molecule has 0 bridgehead atoms. The van der Waals surface area contributed by atoms with Gasteiger partial charge in [-0.15, -0.1) is 0 Å². The summed E-state index contributed by atoms with van der Waals surface area (Å²) in [4.78, 5) is 17.0. The first kappa shape index (κ1) is 22.0. The highest BCUT2D eigenvalue weighted by Gasteiger charge is 2.12. The first-order valence-corrected chi connectivity index (χ1v) is 11.0. The Morgan fingerprint density at radius 1 is 0.743 bits per heavy atom. The normalized spacial score (nSPS) is 10.7. The number of carbonyl (C=O) groups excluding carboxylic acids is 1. The topological polar surface area (TPSA) is 81.7 Å². The van der Waals surface area contributed by atoms with Gasteiger partial charge in [0.05, 0.1) is 25.4 Å². The molecule has 0 unspecified atom stereocenters. The predicted molar refractivity (Wildman–Crippen MR) is 138 cm³/mol. The second-order valence-electron chi connectivity index (χ2n) is 7.77. The van der Waals surface area contributed by atoms with Gasteiger partial charge in [0.25, 0.3) is 0 Å². The molecule has 0 atom stereocenters. The van der Waals surface area contributed by atoms with E-state index in [0.717, 1.165) is 27.4 Å². The number of amides is 2. The van der Waals surface area contributed by atoms with Crippen molar-refractivity contribution in [2.75, 3.05) is 24.9 Å². The monoisotopic (exact) mass is 465 g/mol. The third-order valence-corrected chi connectivity index (χ3v) is 5.58. The van der Waals surface area contributed by atoms with Gasteiger partial charge >= 0.3 is 6.03 Å². The lowest BCUT2D eigenvalue weighted by molar-refractivity contribution is 0.262. The van der Waals surface area contributed by atoms with Crippen molar-refractivity contribution < 1.29 is 19.0 Å². The van der Waals surface area contributed by atoms with Crippen LogP contribution in [0, 0.1) is 0 Å². The molecule has 0 aliphatic rings. The van der Waals surface area contributed by atoms with E-state index in [2.05, 4.69) is 15.6 Å². The summed E-state index contributed by atoms with van der Waals surface area (Å²) in [6.07, 6.45) is 1.68. The van der Waals surface area contributed by atoms with Gasteiger partial charge in [-0.25, -0.2) is 4.79 Å². The summed E-state index contributed by atoms with van der Waals surface area (Å²) in [5, 5.41) is 8.61. The smallest absolute Gasteiger partial charge is 0.323 e. The Morgan fingerprint density at radius 2 is 1.49 bits per heavy atom. The minimum atomic E-state index is -0.323. The van der Waals surface area contributed by atoms with E-state index < -0.39 is 0 Å². The average Bonchev–Trinajstić information content (AvgIpc) is 2.89. The van der Waals surface area contributed by atoms with E-state index in [9.17, 15) is 4.79 Å². The highest BCUT2D eigenvalue weighted by molar-refractivity contribution is 6.06. The highest BCUT2D eigenvalue weighted by atomic mass is 16.5. The Bertz CT molecular complexity index is 1510. The lowest BCUT2D eigenvalue weighted by Gasteiger charge is -2.13. The number of hydrogen-bond acceptors (Lipinski definition) is 5. The van der Waals surface area contributed by atoms with Crippen LogP contribution in [0.1, 0.15) is 0 Å². The first-order chi connectivity index (χ1) is 17.1. The quantitative estimate of drug-likeness (QED) is 0.287. The average molecular weight is 466 g/mol. The molecule has 0 spiro atoms.